The molecular formula is C20H29N5S. The van der Waals surface area contributed by atoms with Crippen molar-refractivity contribution in [2.24, 2.45) is 0 Å². The second-order valence-corrected chi connectivity index (χ2v) is 7.80. The van der Waals surface area contributed by atoms with Crippen molar-refractivity contribution in [3.05, 3.63) is 54.1 Å². The van der Waals surface area contributed by atoms with Crippen molar-refractivity contribution >= 4 is 17.3 Å². The van der Waals surface area contributed by atoms with Gasteiger partial charge in [0.2, 0.25) is 0 Å². The molecular weight excluding hydrogens is 342 g/mol. The van der Waals surface area contributed by atoms with Crippen LogP contribution in [0.1, 0.15) is 49.8 Å². The molecule has 0 amide bonds. The van der Waals surface area contributed by atoms with Gasteiger partial charge in [0.05, 0.1) is 17.8 Å². The van der Waals surface area contributed by atoms with Gasteiger partial charge in [-0.2, -0.15) is 0 Å². The van der Waals surface area contributed by atoms with Gasteiger partial charge in [0, 0.05) is 30.7 Å². The number of thiocarbonyl (C=S) groups is 1. The molecule has 1 fully saturated rings. The SMILES string of the molecule is CC(C)n1cccc1[C@@H]1[C@H](c2ccccn2)NC(=S)N1CCCN(C)C. The Balaban J connectivity index is 1.95. The summed E-state index contributed by atoms with van der Waals surface area (Å²) in [5.41, 5.74) is 2.32. The predicted molar refractivity (Wildman–Crippen MR) is 110 cm³/mol. The molecule has 3 rings (SSSR count). The van der Waals surface area contributed by atoms with Crippen LogP contribution in [0.3, 0.4) is 0 Å². The normalized spacial score (nSPS) is 20.2. The van der Waals surface area contributed by atoms with E-state index in [1.54, 1.807) is 0 Å². The first-order valence-electron chi connectivity index (χ1n) is 9.28. The zero-order chi connectivity index (χ0) is 18.7. The molecule has 5 nitrogen and oxygen atoms in total. The van der Waals surface area contributed by atoms with Crippen molar-refractivity contribution in [2.75, 3.05) is 27.2 Å². The van der Waals surface area contributed by atoms with E-state index in [4.69, 9.17) is 12.2 Å². The number of pyridine rings is 1. The van der Waals surface area contributed by atoms with Gasteiger partial charge < -0.3 is 19.7 Å². The number of nitrogens with zero attached hydrogens (tertiary/aromatic N) is 4. The topological polar surface area (TPSA) is 36.3 Å². The first-order valence-corrected chi connectivity index (χ1v) is 9.69. The monoisotopic (exact) mass is 371 g/mol. The summed E-state index contributed by atoms with van der Waals surface area (Å²) in [5, 5.41) is 4.35. The number of hydrogen-bond donors (Lipinski definition) is 1. The lowest BCUT2D eigenvalue weighted by atomic mass is 10.0. The summed E-state index contributed by atoms with van der Waals surface area (Å²) in [6.07, 6.45) is 5.09. The Morgan fingerprint density at radius 2 is 2.04 bits per heavy atom. The summed E-state index contributed by atoms with van der Waals surface area (Å²) < 4.78 is 2.34. The maximum atomic E-state index is 5.72. The van der Waals surface area contributed by atoms with Crippen LogP contribution in [0.15, 0.2) is 42.7 Å². The first-order chi connectivity index (χ1) is 12.5. The van der Waals surface area contributed by atoms with E-state index in [0.29, 0.717) is 6.04 Å². The number of nitrogens with one attached hydrogen (secondary N) is 1. The van der Waals surface area contributed by atoms with Crippen LogP contribution in [-0.2, 0) is 0 Å². The van der Waals surface area contributed by atoms with Crippen LogP contribution in [0, 0.1) is 0 Å². The smallest absolute Gasteiger partial charge is 0.170 e. The summed E-state index contributed by atoms with van der Waals surface area (Å²) in [4.78, 5) is 9.16. The van der Waals surface area contributed by atoms with E-state index in [-0.39, 0.29) is 12.1 Å². The fourth-order valence-electron chi connectivity index (χ4n) is 3.65. The molecule has 0 unspecified atom stereocenters. The summed E-state index contributed by atoms with van der Waals surface area (Å²) >= 11 is 5.72. The van der Waals surface area contributed by atoms with Crippen molar-refractivity contribution in [2.45, 2.75) is 38.4 Å². The minimum Gasteiger partial charge on any atom is -0.352 e. The van der Waals surface area contributed by atoms with Gasteiger partial charge in [0.1, 0.15) is 0 Å². The van der Waals surface area contributed by atoms with Crippen LogP contribution >= 0.6 is 12.2 Å². The maximum absolute atomic E-state index is 5.72. The Bertz CT molecular complexity index is 725. The fraction of sp³-hybridized carbons (Fsp3) is 0.500. The highest BCUT2D eigenvalue weighted by Crippen LogP contribution is 2.39. The molecule has 0 saturated carbocycles. The largest absolute Gasteiger partial charge is 0.352 e. The summed E-state index contributed by atoms with van der Waals surface area (Å²) in [6, 6.07) is 11.0. The molecule has 1 saturated heterocycles. The molecule has 0 aromatic carbocycles. The van der Waals surface area contributed by atoms with Crippen molar-refractivity contribution < 1.29 is 0 Å². The van der Waals surface area contributed by atoms with Crippen LogP contribution < -0.4 is 5.32 Å². The molecule has 0 bridgehead atoms. The van der Waals surface area contributed by atoms with E-state index in [0.717, 1.165) is 30.3 Å². The second kappa shape index (κ2) is 8.18. The van der Waals surface area contributed by atoms with Crippen LogP contribution in [0.4, 0.5) is 0 Å². The summed E-state index contributed by atoms with van der Waals surface area (Å²) in [5.74, 6) is 0. The van der Waals surface area contributed by atoms with Gasteiger partial charge in [0.15, 0.2) is 5.11 Å². The minimum atomic E-state index is 0.0652. The minimum absolute atomic E-state index is 0.0652. The Kier molecular flexibility index (Phi) is 5.94. The van der Waals surface area contributed by atoms with Gasteiger partial charge in [-0.1, -0.05) is 6.07 Å². The lowest BCUT2D eigenvalue weighted by Crippen LogP contribution is -2.33. The zero-order valence-corrected chi connectivity index (χ0v) is 16.9. The van der Waals surface area contributed by atoms with Gasteiger partial charge in [-0.3, -0.25) is 4.98 Å². The molecule has 2 atom stereocenters. The van der Waals surface area contributed by atoms with Crippen molar-refractivity contribution in [3.63, 3.8) is 0 Å². The third-order valence-electron chi connectivity index (χ3n) is 4.87. The number of hydrogen-bond acceptors (Lipinski definition) is 3. The molecule has 26 heavy (non-hydrogen) atoms. The zero-order valence-electron chi connectivity index (χ0n) is 16.1. The Morgan fingerprint density at radius 1 is 1.23 bits per heavy atom. The molecule has 1 aliphatic rings. The van der Waals surface area contributed by atoms with E-state index in [2.05, 4.69) is 77.0 Å². The molecule has 2 aromatic heterocycles. The molecule has 0 aliphatic carbocycles. The van der Waals surface area contributed by atoms with Gasteiger partial charge in [0.25, 0.3) is 0 Å². The molecule has 2 aromatic rings. The maximum Gasteiger partial charge on any atom is 0.170 e. The molecule has 0 spiro atoms. The highest BCUT2D eigenvalue weighted by atomic mass is 32.1. The standard InChI is InChI=1S/C20H29N5S/c1-15(2)24-13-7-10-17(24)19-18(16-9-5-6-11-21-16)22-20(26)25(19)14-8-12-23(3)4/h5-7,9-11,13,15,18-19H,8,12,14H2,1-4H3,(H,22,26)/t18-,19+/m0/s1. The summed E-state index contributed by atoms with van der Waals surface area (Å²) in [7, 11) is 4.22. The second-order valence-electron chi connectivity index (χ2n) is 7.41. The van der Waals surface area contributed by atoms with Gasteiger partial charge >= 0.3 is 0 Å². The predicted octanol–water partition coefficient (Wildman–Crippen LogP) is 3.39. The van der Waals surface area contributed by atoms with E-state index in [9.17, 15) is 0 Å². The molecule has 1 aliphatic heterocycles. The number of aromatic nitrogens is 2. The van der Waals surface area contributed by atoms with Crippen molar-refractivity contribution in [3.8, 4) is 0 Å². The third-order valence-corrected chi connectivity index (χ3v) is 5.23. The van der Waals surface area contributed by atoms with Crippen LogP contribution in [0.2, 0.25) is 0 Å². The van der Waals surface area contributed by atoms with Gasteiger partial charge in [-0.05, 0) is 77.4 Å². The van der Waals surface area contributed by atoms with Gasteiger partial charge in [-0.15, -0.1) is 0 Å². The van der Waals surface area contributed by atoms with Crippen LogP contribution in [0.25, 0.3) is 0 Å². The van der Waals surface area contributed by atoms with Crippen LogP contribution in [0.5, 0.6) is 0 Å². The van der Waals surface area contributed by atoms with E-state index < -0.39 is 0 Å². The van der Waals surface area contributed by atoms with E-state index >= 15 is 0 Å². The highest BCUT2D eigenvalue weighted by Gasteiger charge is 2.40. The highest BCUT2D eigenvalue weighted by molar-refractivity contribution is 7.80. The molecule has 0 radical (unpaired) electrons. The van der Waals surface area contributed by atoms with Crippen molar-refractivity contribution in [1.82, 2.24) is 24.7 Å². The molecule has 3 heterocycles. The Morgan fingerprint density at radius 3 is 2.69 bits per heavy atom. The lowest BCUT2D eigenvalue weighted by molar-refractivity contribution is 0.280. The Hall–Kier alpha value is -1.92. The quantitative estimate of drug-likeness (QED) is 0.755. The third kappa shape index (κ3) is 3.91. The Labute approximate surface area is 162 Å². The molecule has 140 valence electrons. The fourth-order valence-corrected chi connectivity index (χ4v) is 3.98. The van der Waals surface area contributed by atoms with Gasteiger partial charge in [-0.25, -0.2) is 0 Å². The molecule has 1 N–H and O–H groups in total. The number of rotatable bonds is 7. The average molecular weight is 372 g/mol. The first kappa shape index (κ1) is 18.9. The summed E-state index contributed by atoms with van der Waals surface area (Å²) in [6.45, 7) is 6.42. The van der Waals surface area contributed by atoms with Crippen molar-refractivity contribution in [1.29, 1.82) is 0 Å². The van der Waals surface area contributed by atoms with E-state index in [1.807, 2.05) is 18.3 Å². The van der Waals surface area contributed by atoms with Crippen LogP contribution in [-0.4, -0.2) is 51.6 Å². The molecule has 6 heteroatoms. The average Bonchev–Trinajstić information content (AvgIpc) is 3.20. The van der Waals surface area contributed by atoms with E-state index in [1.165, 1.54) is 5.69 Å². The lowest BCUT2D eigenvalue weighted by Gasteiger charge is -2.30.